The van der Waals surface area contributed by atoms with Crippen LogP contribution in [0.3, 0.4) is 0 Å². The lowest BCUT2D eigenvalue weighted by atomic mass is 9.98. The molecule has 10 nitrogen and oxygen atoms in total. The van der Waals surface area contributed by atoms with Crippen molar-refractivity contribution >= 4 is 21.7 Å². The highest BCUT2D eigenvalue weighted by Gasteiger charge is 2.25. The molecule has 1 unspecified atom stereocenters. The van der Waals surface area contributed by atoms with Crippen molar-refractivity contribution in [2.24, 2.45) is 0 Å². The van der Waals surface area contributed by atoms with Gasteiger partial charge in [0.15, 0.2) is 5.03 Å². The number of hydrogen-bond acceptors (Lipinski definition) is 7. The van der Waals surface area contributed by atoms with Gasteiger partial charge in [-0.2, -0.15) is 13.5 Å². The molecule has 1 fully saturated rings. The highest BCUT2D eigenvalue weighted by atomic mass is 32.2. The summed E-state index contributed by atoms with van der Waals surface area (Å²) >= 11 is 0. The van der Waals surface area contributed by atoms with Gasteiger partial charge in [0.1, 0.15) is 6.10 Å². The fourth-order valence-electron chi connectivity index (χ4n) is 4.53. The van der Waals surface area contributed by atoms with E-state index >= 15 is 0 Å². The third-order valence-corrected chi connectivity index (χ3v) is 7.58. The Morgan fingerprint density at radius 1 is 1.22 bits per heavy atom. The maximum atomic E-state index is 12.9. The number of fused-ring (bicyclic) bond motifs is 1. The zero-order chi connectivity index (χ0) is 25.3. The van der Waals surface area contributed by atoms with Crippen LogP contribution < -0.4 is 14.8 Å². The molecule has 1 atom stereocenters. The third kappa shape index (κ3) is 5.07. The van der Waals surface area contributed by atoms with Gasteiger partial charge in [0.2, 0.25) is 5.88 Å². The zero-order valence-electron chi connectivity index (χ0n) is 20.2. The molecule has 1 aliphatic carbocycles. The third-order valence-electron chi connectivity index (χ3n) is 6.36. The largest absolute Gasteiger partial charge is 0.472 e. The number of rotatable bonds is 7. The molecular weight excluding hydrogens is 482 g/mol. The van der Waals surface area contributed by atoms with Gasteiger partial charge < -0.3 is 14.8 Å². The number of amides is 2. The summed E-state index contributed by atoms with van der Waals surface area (Å²) in [6, 6.07) is 8.19. The maximum Gasteiger partial charge on any atom is 0.333 e. The van der Waals surface area contributed by atoms with Crippen LogP contribution in [-0.4, -0.2) is 48.5 Å². The van der Waals surface area contributed by atoms with Gasteiger partial charge in [-0.3, -0.25) is 4.68 Å². The van der Waals surface area contributed by atoms with E-state index in [1.54, 1.807) is 12.4 Å². The number of anilines is 1. The summed E-state index contributed by atoms with van der Waals surface area (Å²) in [6.07, 6.45) is 6.66. The highest BCUT2D eigenvalue weighted by Crippen LogP contribution is 2.38. The molecular formula is C25H29N5O5S. The normalized spacial score (nSPS) is 17.2. The van der Waals surface area contributed by atoms with Gasteiger partial charge in [-0.25, -0.2) is 14.5 Å². The molecule has 3 aromatic rings. The number of aromatic nitrogens is 3. The first kappa shape index (κ1) is 24.3. The second-order valence-electron chi connectivity index (χ2n) is 9.25. The highest BCUT2D eigenvalue weighted by molar-refractivity contribution is 7.90. The van der Waals surface area contributed by atoms with E-state index in [1.165, 1.54) is 10.7 Å². The van der Waals surface area contributed by atoms with Gasteiger partial charge in [0, 0.05) is 36.5 Å². The average Bonchev–Trinajstić information content (AvgIpc) is 3.60. The number of ether oxygens (including phenoxy) is 2. The minimum absolute atomic E-state index is 0.00679. The number of carbonyl (C=O) groups is 1. The number of carbonyl (C=O) groups excluding carboxylic acids is 1. The Hall–Kier alpha value is -3.44. The number of nitrogens with zero attached hydrogens (tertiary/aromatic N) is 3. The van der Waals surface area contributed by atoms with E-state index in [-0.39, 0.29) is 17.2 Å². The van der Waals surface area contributed by atoms with Gasteiger partial charge in [-0.1, -0.05) is 12.1 Å². The maximum absolute atomic E-state index is 12.9. The molecule has 3 heterocycles. The fraction of sp³-hybridized carbons (Fsp3) is 0.400. The predicted octanol–water partition coefficient (Wildman–Crippen LogP) is 3.69. The fourth-order valence-corrected chi connectivity index (χ4v) is 5.37. The SMILES string of the molecule is CC(C)n1ccc(S(=O)(=O)NC(=O)Nc2c(-c3ccnc(OC4CCOC4)c3)ccc3c2CCC3)n1. The molecule has 1 saturated heterocycles. The predicted molar refractivity (Wildman–Crippen MR) is 134 cm³/mol. The lowest BCUT2D eigenvalue weighted by molar-refractivity contribution is 0.138. The number of benzene rings is 1. The molecule has 2 aromatic heterocycles. The van der Waals surface area contributed by atoms with Crippen molar-refractivity contribution in [3.05, 3.63) is 53.9 Å². The summed E-state index contributed by atoms with van der Waals surface area (Å²) in [7, 11) is -4.14. The summed E-state index contributed by atoms with van der Waals surface area (Å²) in [5, 5.41) is 6.67. The first-order chi connectivity index (χ1) is 17.3. The average molecular weight is 512 g/mol. The Kier molecular flexibility index (Phi) is 6.67. The van der Waals surface area contributed by atoms with E-state index in [0.717, 1.165) is 47.9 Å². The summed E-state index contributed by atoms with van der Waals surface area (Å²) in [5.74, 6) is 0.474. The van der Waals surface area contributed by atoms with Gasteiger partial charge in [-0.15, -0.1) is 0 Å². The Bertz CT molecular complexity index is 1380. The Labute approximate surface area is 210 Å². The summed E-state index contributed by atoms with van der Waals surface area (Å²) in [5.41, 5.74) is 4.31. The number of aryl methyl sites for hydroxylation is 1. The van der Waals surface area contributed by atoms with Gasteiger partial charge in [0.25, 0.3) is 10.0 Å². The van der Waals surface area contributed by atoms with Crippen LogP contribution in [0.2, 0.25) is 0 Å². The van der Waals surface area contributed by atoms with Crippen LogP contribution in [0.15, 0.2) is 47.8 Å². The van der Waals surface area contributed by atoms with Gasteiger partial charge in [-0.05, 0) is 61.9 Å². The molecule has 1 aromatic carbocycles. The van der Waals surface area contributed by atoms with Crippen LogP contribution in [-0.2, 0) is 27.6 Å². The molecule has 2 aliphatic rings. The molecule has 2 amide bonds. The molecule has 0 spiro atoms. The first-order valence-corrected chi connectivity index (χ1v) is 13.5. The van der Waals surface area contributed by atoms with Crippen molar-refractivity contribution in [2.75, 3.05) is 18.5 Å². The van der Waals surface area contributed by atoms with Gasteiger partial charge in [0.05, 0.1) is 18.9 Å². The quantitative estimate of drug-likeness (QED) is 0.496. The second kappa shape index (κ2) is 9.90. The molecule has 11 heteroatoms. The number of nitrogens with one attached hydrogen (secondary N) is 2. The Balaban J connectivity index is 1.41. The van der Waals surface area contributed by atoms with E-state index in [2.05, 4.69) is 26.2 Å². The summed E-state index contributed by atoms with van der Waals surface area (Å²) in [6.45, 7) is 4.97. The van der Waals surface area contributed by atoms with Crippen molar-refractivity contribution in [1.82, 2.24) is 19.5 Å². The topological polar surface area (TPSA) is 124 Å². The minimum Gasteiger partial charge on any atom is -0.472 e. The van der Waals surface area contributed by atoms with Crippen LogP contribution in [0.4, 0.5) is 10.5 Å². The van der Waals surface area contributed by atoms with E-state index in [0.29, 0.717) is 24.8 Å². The van der Waals surface area contributed by atoms with E-state index in [9.17, 15) is 13.2 Å². The van der Waals surface area contributed by atoms with E-state index < -0.39 is 16.1 Å². The number of urea groups is 1. The molecule has 0 radical (unpaired) electrons. The Morgan fingerprint density at radius 2 is 2.08 bits per heavy atom. The van der Waals surface area contributed by atoms with Crippen LogP contribution in [0.1, 0.15) is 43.9 Å². The molecule has 36 heavy (non-hydrogen) atoms. The van der Waals surface area contributed by atoms with E-state index in [1.807, 2.05) is 32.0 Å². The number of hydrogen-bond donors (Lipinski definition) is 2. The zero-order valence-corrected chi connectivity index (χ0v) is 21.0. The van der Waals surface area contributed by atoms with Crippen LogP contribution in [0, 0.1) is 0 Å². The second-order valence-corrected chi connectivity index (χ2v) is 10.9. The number of pyridine rings is 1. The van der Waals surface area contributed by atoms with Crippen molar-refractivity contribution in [3.8, 4) is 17.0 Å². The molecule has 1 aliphatic heterocycles. The molecule has 0 bridgehead atoms. The van der Waals surface area contributed by atoms with Gasteiger partial charge >= 0.3 is 6.03 Å². The van der Waals surface area contributed by atoms with Crippen molar-refractivity contribution in [2.45, 2.75) is 56.7 Å². The lowest BCUT2D eigenvalue weighted by Gasteiger charge is -2.17. The van der Waals surface area contributed by atoms with Crippen LogP contribution >= 0.6 is 0 Å². The molecule has 2 N–H and O–H groups in total. The monoisotopic (exact) mass is 511 g/mol. The standard InChI is InChI=1S/C25H29N5O5S/c1-16(2)30-12-9-23(28-30)36(32,33)29-25(31)27-24-20-5-3-4-17(20)6-7-21(24)18-8-11-26-22(14-18)35-19-10-13-34-15-19/h6-9,11-12,14,16,19H,3-5,10,13,15H2,1-2H3,(H2,27,29,31). The van der Waals surface area contributed by atoms with Crippen LogP contribution in [0.25, 0.3) is 11.1 Å². The van der Waals surface area contributed by atoms with Crippen molar-refractivity contribution in [3.63, 3.8) is 0 Å². The van der Waals surface area contributed by atoms with Crippen molar-refractivity contribution < 1.29 is 22.7 Å². The summed E-state index contributed by atoms with van der Waals surface area (Å²) in [4.78, 5) is 17.3. The lowest BCUT2D eigenvalue weighted by Crippen LogP contribution is -2.35. The smallest absolute Gasteiger partial charge is 0.333 e. The first-order valence-electron chi connectivity index (χ1n) is 12.0. The van der Waals surface area contributed by atoms with Crippen LogP contribution in [0.5, 0.6) is 5.88 Å². The molecule has 0 saturated carbocycles. The van der Waals surface area contributed by atoms with Crippen molar-refractivity contribution in [1.29, 1.82) is 0 Å². The summed E-state index contributed by atoms with van der Waals surface area (Å²) < 4.78 is 40.5. The minimum atomic E-state index is -4.14. The molecule has 190 valence electrons. The molecule has 5 rings (SSSR count). The van der Waals surface area contributed by atoms with E-state index in [4.69, 9.17) is 9.47 Å². The Morgan fingerprint density at radius 3 is 2.83 bits per heavy atom. The number of sulfonamides is 1.